The van der Waals surface area contributed by atoms with E-state index in [1.165, 1.54) is 0 Å². The van der Waals surface area contributed by atoms with Gasteiger partial charge in [-0.15, -0.1) is 0 Å². The van der Waals surface area contributed by atoms with Gasteiger partial charge in [0.1, 0.15) is 5.75 Å². The fourth-order valence-corrected chi connectivity index (χ4v) is 2.23. The first-order valence-electron chi connectivity index (χ1n) is 7.50. The van der Waals surface area contributed by atoms with Crippen LogP contribution >= 0.6 is 0 Å². The Morgan fingerprint density at radius 1 is 1.43 bits per heavy atom. The van der Waals surface area contributed by atoms with E-state index in [1.54, 1.807) is 4.90 Å². The van der Waals surface area contributed by atoms with Gasteiger partial charge < -0.3 is 19.7 Å². The number of amides is 1. The lowest BCUT2D eigenvalue weighted by Crippen LogP contribution is -2.42. The number of rotatable bonds is 7. The molecule has 1 aromatic rings. The van der Waals surface area contributed by atoms with Gasteiger partial charge in [0.2, 0.25) is 5.91 Å². The normalized spacial score (nSPS) is 18.2. The number of para-hydroxylation sites is 1. The quantitative estimate of drug-likeness (QED) is 0.770. The van der Waals surface area contributed by atoms with Crippen LogP contribution in [0.1, 0.15) is 12.8 Å². The van der Waals surface area contributed by atoms with Gasteiger partial charge in [0.25, 0.3) is 0 Å². The molecule has 1 unspecified atom stereocenters. The third kappa shape index (κ3) is 5.73. The van der Waals surface area contributed by atoms with Crippen molar-refractivity contribution in [1.82, 2.24) is 10.2 Å². The zero-order valence-electron chi connectivity index (χ0n) is 12.6. The lowest BCUT2D eigenvalue weighted by Gasteiger charge is -2.25. The van der Waals surface area contributed by atoms with Crippen molar-refractivity contribution in [2.24, 2.45) is 0 Å². The molecule has 1 N–H and O–H groups in total. The average molecular weight is 292 g/mol. The topological polar surface area (TPSA) is 50.8 Å². The van der Waals surface area contributed by atoms with Crippen molar-refractivity contribution in [1.29, 1.82) is 0 Å². The van der Waals surface area contributed by atoms with E-state index in [9.17, 15) is 4.79 Å². The van der Waals surface area contributed by atoms with E-state index >= 15 is 0 Å². The van der Waals surface area contributed by atoms with Crippen molar-refractivity contribution in [2.45, 2.75) is 18.9 Å². The molecule has 2 rings (SSSR count). The number of morpholine rings is 1. The Morgan fingerprint density at radius 3 is 2.95 bits per heavy atom. The minimum absolute atomic E-state index is 0.00858. The zero-order chi connectivity index (χ0) is 14.9. The highest BCUT2D eigenvalue weighted by atomic mass is 16.5. The zero-order valence-corrected chi connectivity index (χ0v) is 12.6. The molecule has 1 aliphatic rings. The number of carbonyl (C=O) groups excluding carboxylic acids is 1. The van der Waals surface area contributed by atoms with Crippen molar-refractivity contribution >= 4 is 5.91 Å². The predicted molar refractivity (Wildman–Crippen MR) is 81.4 cm³/mol. The molecule has 1 heterocycles. The molecule has 1 amide bonds. The van der Waals surface area contributed by atoms with Crippen LogP contribution in [-0.2, 0) is 9.53 Å². The molecule has 1 saturated heterocycles. The maximum atomic E-state index is 12.1. The van der Waals surface area contributed by atoms with Gasteiger partial charge in [-0.05, 0) is 18.6 Å². The number of nitrogens with zero attached hydrogens (tertiary/aromatic N) is 1. The molecule has 21 heavy (non-hydrogen) atoms. The number of hydrogen-bond donors (Lipinski definition) is 1. The molecule has 0 aliphatic carbocycles. The van der Waals surface area contributed by atoms with Crippen LogP contribution in [0, 0.1) is 0 Å². The second-order valence-electron chi connectivity index (χ2n) is 5.23. The molecule has 1 fully saturated rings. The molecule has 1 aliphatic heterocycles. The minimum atomic E-state index is 0.00858. The Balaban J connectivity index is 1.60. The molecule has 0 saturated carbocycles. The van der Waals surface area contributed by atoms with Gasteiger partial charge in [-0.3, -0.25) is 4.79 Å². The van der Waals surface area contributed by atoms with Crippen LogP contribution in [0.25, 0.3) is 0 Å². The van der Waals surface area contributed by atoms with Crippen molar-refractivity contribution in [2.75, 3.05) is 39.9 Å². The maximum Gasteiger partial charge on any atom is 0.224 e. The van der Waals surface area contributed by atoms with Gasteiger partial charge in [0.05, 0.1) is 25.7 Å². The van der Waals surface area contributed by atoms with Crippen LogP contribution in [0.5, 0.6) is 5.75 Å². The molecule has 5 nitrogen and oxygen atoms in total. The third-order valence-corrected chi connectivity index (χ3v) is 3.48. The van der Waals surface area contributed by atoms with Crippen molar-refractivity contribution < 1.29 is 14.3 Å². The molecule has 1 aromatic carbocycles. The van der Waals surface area contributed by atoms with Crippen LogP contribution in [-0.4, -0.2) is 56.8 Å². The molecule has 5 heteroatoms. The molecule has 0 aromatic heterocycles. The fraction of sp³-hybridized carbons (Fsp3) is 0.562. The largest absolute Gasteiger partial charge is 0.494 e. The van der Waals surface area contributed by atoms with Crippen molar-refractivity contribution in [3.8, 4) is 5.75 Å². The molecular formula is C16H24N2O3. The molecule has 0 spiro atoms. The number of benzene rings is 1. The first kappa shape index (κ1) is 15.8. The van der Waals surface area contributed by atoms with Crippen molar-refractivity contribution in [3.05, 3.63) is 30.3 Å². The number of hydrogen-bond acceptors (Lipinski definition) is 4. The van der Waals surface area contributed by atoms with Crippen LogP contribution < -0.4 is 10.1 Å². The second-order valence-corrected chi connectivity index (χ2v) is 5.23. The first-order chi connectivity index (χ1) is 10.3. The summed E-state index contributed by atoms with van der Waals surface area (Å²) < 4.78 is 11.2. The Kier molecular flexibility index (Phi) is 6.50. The minimum Gasteiger partial charge on any atom is -0.494 e. The highest BCUT2D eigenvalue weighted by Gasteiger charge is 2.19. The first-order valence-corrected chi connectivity index (χ1v) is 7.50. The number of nitrogens with one attached hydrogen (secondary N) is 1. The van der Waals surface area contributed by atoms with Crippen LogP contribution in [0.4, 0.5) is 0 Å². The van der Waals surface area contributed by atoms with Gasteiger partial charge >= 0.3 is 0 Å². The Labute approximate surface area is 126 Å². The molecule has 0 radical (unpaired) electrons. The molecule has 0 bridgehead atoms. The van der Waals surface area contributed by atoms with E-state index in [4.69, 9.17) is 9.47 Å². The SMILES string of the molecule is CN(CCCOc1ccccc1)C(=O)CC1CNCCO1. The Morgan fingerprint density at radius 2 is 2.24 bits per heavy atom. The highest BCUT2D eigenvalue weighted by molar-refractivity contribution is 5.76. The third-order valence-electron chi connectivity index (χ3n) is 3.48. The summed E-state index contributed by atoms with van der Waals surface area (Å²) in [6.45, 7) is 3.63. The van der Waals surface area contributed by atoms with Gasteiger partial charge in [-0.2, -0.15) is 0 Å². The van der Waals surface area contributed by atoms with E-state index in [0.717, 1.165) is 25.3 Å². The summed E-state index contributed by atoms with van der Waals surface area (Å²) in [5.41, 5.74) is 0. The predicted octanol–water partition coefficient (Wildman–Crippen LogP) is 1.29. The van der Waals surface area contributed by atoms with Crippen LogP contribution in [0.2, 0.25) is 0 Å². The number of ether oxygens (including phenoxy) is 2. The molecular weight excluding hydrogens is 268 g/mol. The van der Waals surface area contributed by atoms with Gasteiger partial charge in [0.15, 0.2) is 0 Å². The summed E-state index contributed by atoms with van der Waals surface area (Å²) in [5, 5.41) is 3.23. The van der Waals surface area contributed by atoms with E-state index in [2.05, 4.69) is 5.32 Å². The van der Waals surface area contributed by atoms with E-state index in [0.29, 0.717) is 26.2 Å². The smallest absolute Gasteiger partial charge is 0.224 e. The van der Waals surface area contributed by atoms with E-state index in [1.807, 2.05) is 37.4 Å². The van der Waals surface area contributed by atoms with Crippen LogP contribution in [0.3, 0.4) is 0 Å². The van der Waals surface area contributed by atoms with Crippen molar-refractivity contribution in [3.63, 3.8) is 0 Å². The maximum absolute atomic E-state index is 12.1. The van der Waals surface area contributed by atoms with Gasteiger partial charge in [-0.25, -0.2) is 0 Å². The summed E-state index contributed by atoms with van der Waals surface area (Å²) in [5.74, 6) is 0.997. The second kappa shape index (κ2) is 8.64. The summed E-state index contributed by atoms with van der Waals surface area (Å²) in [7, 11) is 1.83. The lowest BCUT2D eigenvalue weighted by molar-refractivity contribution is -0.133. The fourth-order valence-electron chi connectivity index (χ4n) is 2.23. The Bertz CT molecular complexity index is 419. The monoisotopic (exact) mass is 292 g/mol. The lowest BCUT2D eigenvalue weighted by atomic mass is 10.2. The van der Waals surface area contributed by atoms with Gasteiger partial charge in [-0.1, -0.05) is 18.2 Å². The van der Waals surface area contributed by atoms with Gasteiger partial charge in [0, 0.05) is 26.7 Å². The average Bonchev–Trinajstić information content (AvgIpc) is 2.53. The molecule has 116 valence electrons. The highest BCUT2D eigenvalue weighted by Crippen LogP contribution is 2.09. The number of carbonyl (C=O) groups is 1. The van der Waals surface area contributed by atoms with E-state index in [-0.39, 0.29) is 12.0 Å². The summed E-state index contributed by atoms with van der Waals surface area (Å²) in [4.78, 5) is 13.8. The summed E-state index contributed by atoms with van der Waals surface area (Å²) in [6, 6.07) is 9.72. The summed E-state index contributed by atoms with van der Waals surface area (Å²) in [6.07, 6.45) is 1.28. The Hall–Kier alpha value is -1.59. The summed E-state index contributed by atoms with van der Waals surface area (Å²) >= 11 is 0. The van der Waals surface area contributed by atoms with Crippen LogP contribution in [0.15, 0.2) is 30.3 Å². The standard InChI is InChI=1S/C16H24N2O3/c1-18(16(19)12-15-13-17-8-11-21-15)9-5-10-20-14-6-3-2-4-7-14/h2-4,6-7,15,17H,5,8-13H2,1H3. The molecule has 1 atom stereocenters. The van der Waals surface area contributed by atoms with E-state index < -0.39 is 0 Å².